The molecule has 1 aromatic heterocycles. The van der Waals surface area contributed by atoms with Gasteiger partial charge in [-0.1, -0.05) is 180 Å². The summed E-state index contributed by atoms with van der Waals surface area (Å²) in [6, 6.07) is 57.9. The molecule has 11 rings (SSSR count). The molecule has 0 N–H and O–H groups in total. The maximum Gasteiger partial charge on any atom is 0.164 e. The van der Waals surface area contributed by atoms with Gasteiger partial charge in [-0.3, -0.25) is 0 Å². The van der Waals surface area contributed by atoms with Gasteiger partial charge in [0.25, 0.3) is 0 Å². The molecule has 0 saturated heterocycles. The molecule has 8 aromatic rings. The molecule has 56 heavy (non-hydrogen) atoms. The van der Waals surface area contributed by atoms with Gasteiger partial charge in [0, 0.05) is 22.1 Å². The summed E-state index contributed by atoms with van der Waals surface area (Å²) in [5.41, 5.74) is 19.2. The van der Waals surface area contributed by atoms with E-state index in [0.717, 1.165) is 16.7 Å². The molecule has 0 aliphatic heterocycles. The van der Waals surface area contributed by atoms with Crippen LogP contribution < -0.4 is 0 Å². The Morgan fingerprint density at radius 2 is 0.714 bits per heavy atom. The lowest BCUT2D eigenvalue weighted by atomic mass is 9.70. The van der Waals surface area contributed by atoms with Gasteiger partial charge in [-0.25, -0.2) is 15.0 Å². The summed E-state index contributed by atoms with van der Waals surface area (Å²) >= 11 is 0. The highest BCUT2D eigenvalue weighted by atomic mass is 15.0. The molecule has 0 atom stereocenters. The predicted molar refractivity (Wildman–Crippen MR) is 229 cm³/mol. The largest absolute Gasteiger partial charge is 0.208 e. The van der Waals surface area contributed by atoms with Crippen molar-refractivity contribution in [3.63, 3.8) is 0 Å². The second kappa shape index (κ2) is 11.5. The zero-order chi connectivity index (χ0) is 38.0. The SMILES string of the molecule is CC(C)(C)c1ccc(-c2nc(-c3ccc4c(c3)C(C)(C)c3ccccc3-4)nc(-c3ccc4c(c3)C3(c5ccccc5-c5ccccc53)c3ccccc3-4)n2)cc1. The standard InChI is InChI=1S/C53H41N3/c1-51(2,3)35-26-22-32(23-27-35)48-54-49(33-24-28-40-36-14-6-10-18-42(36)52(4,5)46(40)30-33)56-50(55-48)34-25-29-41-39-17-9-13-21-45(39)53(47(41)31-34)43-19-11-7-15-37(43)38-16-8-12-20-44(38)53/h6-31H,1-5H3. The fourth-order valence-corrected chi connectivity index (χ4v) is 9.96. The predicted octanol–water partition coefficient (Wildman–Crippen LogP) is 12.8. The molecule has 268 valence electrons. The number of hydrogen-bond donors (Lipinski definition) is 0. The lowest BCUT2D eigenvalue weighted by molar-refractivity contribution is 0.590. The number of nitrogens with zero attached hydrogens (tertiary/aromatic N) is 3. The maximum absolute atomic E-state index is 5.33. The van der Waals surface area contributed by atoms with Crippen molar-refractivity contribution in [3.8, 4) is 67.5 Å². The molecule has 0 unspecified atom stereocenters. The Morgan fingerprint density at radius 1 is 0.357 bits per heavy atom. The molecule has 3 aliphatic carbocycles. The van der Waals surface area contributed by atoms with Gasteiger partial charge in [0.1, 0.15) is 0 Å². The number of hydrogen-bond acceptors (Lipinski definition) is 3. The number of aromatic nitrogens is 3. The molecule has 3 aliphatic rings. The zero-order valence-electron chi connectivity index (χ0n) is 32.4. The summed E-state index contributed by atoms with van der Waals surface area (Å²) in [6.07, 6.45) is 0. The van der Waals surface area contributed by atoms with Crippen molar-refractivity contribution in [1.29, 1.82) is 0 Å². The van der Waals surface area contributed by atoms with Gasteiger partial charge in [0.15, 0.2) is 17.5 Å². The van der Waals surface area contributed by atoms with Gasteiger partial charge in [-0.15, -0.1) is 0 Å². The Labute approximate surface area is 328 Å². The Hall–Kier alpha value is -6.45. The molecule has 1 spiro atoms. The number of rotatable bonds is 3. The Balaban J connectivity index is 1.13. The van der Waals surface area contributed by atoms with Crippen LogP contribution in [0.1, 0.15) is 73.6 Å². The van der Waals surface area contributed by atoms with E-state index in [4.69, 9.17) is 15.0 Å². The highest BCUT2D eigenvalue weighted by molar-refractivity contribution is 5.95. The quantitative estimate of drug-likeness (QED) is 0.182. The van der Waals surface area contributed by atoms with E-state index >= 15 is 0 Å². The van der Waals surface area contributed by atoms with Gasteiger partial charge in [-0.05, 0) is 89.9 Å². The normalized spacial score (nSPS) is 14.8. The lowest BCUT2D eigenvalue weighted by Crippen LogP contribution is -2.25. The van der Waals surface area contributed by atoms with Crippen LogP contribution in [0.2, 0.25) is 0 Å². The van der Waals surface area contributed by atoms with Gasteiger partial charge in [-0.2, -0.15) is 0 Å². The first-order valence-corrected chi connectivity index (χ1v) is 19.7. The molecular formula is C53H41N3. The van der Waals surface area contributed by atoms with Crippen LogP contribution in [-0.4, -0.2) is 15.0 Å². The van der Waals surface area contributed by atoms with Crippen LogP contribution in [0.25, 0.3) is 67.5 Å². The van der Waals surface area contributed by atoms with Crippen molar-refractivity contribution in [2.75, 3.05) is 0 Å². The van der Waals surface area contributed by atoms with Crippen LogP contribution >= 0.6 is 0 Å². The van der Waals surface area contributed by atoms with E-state index in [9.17, 15) is 0 Å². The van der Waals surface area contributed by atoms with Crippen molar-refractivity contribution in [2.45, 2.75) is 50.9 Å². The van der Waals surface area contributed by atoms with Crippen LogP contribution in [0, 0.1) is 0 Å². The first-order chi connectivity index (χ1) is 27.1. The highest BCUT2D eigenvalue weighted by Gasteiger charge is 2.51. The first-order valence-electron chi connectivity index (χ1n) is 19.7. The fraction of sp³-hybridized carbons (Fsp3) is 0.151. The highest BCUT2D eigenvalue weighted by Crippen LogP contribution is 2.63. The average Bonchev–Trinajstić information content (AvgIpc) is 3.79. The minimum Gasteiger partial charge on any atom is -0.208 e. The van der Waals surface area contributed by atoms with Crippen LogP contribution in [0.15, 0.2) is 158 Å². The third-order valence-corrected chi connectivity index (χ3v) is 12.7. The Kier molecular flexibility index (Phi) is 6.78. The minimum atomic E-state index is -0.447. The molecule has 0 fully saturated rings. The molecule has 3 heteroatoms. The van der Waals surface area contributed by atoms with Gasteiger partial charge in [0.2, 0.25) is 0 Å². The topological polar surface area (TPSA) is 38.7 Å². The summed E-state index contributed by atoms with van der Waals surface area (Å²) in [6.45, 7) is 11.4. The summed E-state index contributed by atoms with van der Waals surface area (Å²) in [5.74, 6) is 2.01. The van der Waals surface area contributed by atoms with E-state index in [0.29, 0.717) is 17.5 Å². The minimum absolute atomic E-state index is 0.0399. The summed E-state index contributed by atoms with van der Waals surface area (Å²) in [4.78, 5) is 15.8. The van der Waals surface area contributed by atoms with Crippen molar-refractivity contribution in [2.24, 2.45) is 0 Å². The molecule has 0 amide bonds. The van der Waals surface area contributed by atoms with Crippen LogP contribution in [0.4, 0.5) is 0 Å². The van der Waals surface area contributed by atoms with E-state index in [-0.39, 0.29) is 10.8 Å². The van der Waals surface area contributed by atoms with Crippen molar-refractivity contribution in [1.82, 2.24) is 15.0 Å². The molecular weight excluding hydrogens is 679 g/mol. The second-order valence-electron chi connectivity index (χ2n) is 17.2. The van der Waals surface area contributed by atoms with Crippen LogP contribution in [0.5, 0.6) is 0 Å². The van der Waals surface area contributed by atoms with Crippen LogP contribution in [-0.2, 0) is 16.2 Å². The molecule has 0 saturated carbocycles. The van der Waals surface area contributed by atoms with Gasteiger partial charge < -0.3 is 0 Å². The molecule has 3 nitrogen and oxygen atoms in total. The maximum atomic E-state index is 5.33. The molecule has 7 aromatic carbocycles. The number of fused-ring (bicyclic) bond motifs is 13. The van der Waals surface area contributed by atoms with E-state index in [1.165, 1.54) is 72.3 Å². The summed E-state index contributed by atoms with van der Waals surface area (Å²) in [5, 5.41) is 0. The van der Waals surface area contributed by atoms with Crippen molar-refractivity contribution < 1.29 is 0 Å². The third-order valence-electron chi connectivity index (χ3n) is 12.7. The Bertz CT molecular complexity index is 2860. The average molecular weight is 720 g/mol. The molecule has 1 heterocycles. The second-order valence-corrected chi connectivity index (χ2v) is 17.2. The third kappa shape index (κ3) is 4.49. The van der Waals surface area contributed by atoms with Crippen LogP contribution in [0.3, 0.4) is 0 Å². The van der Waals surface area contributed by atoms with E-state index in [2.05, 4.69) is 192 Å². The molecule has 0 bridgehead atoms. The summed E-state index contributed by atoms with van der Waals surface area (Å²) < 4.78 is 0. The van der Waals surface area contributed by atoms with Crippen molar-refractivity contribution >= 4 is 0 Å². The smallest absolute Gasteiger partial charge is 0.164 e. The van der Waals surface area contributed by atoms with Gasteiger partial charge >= 0.3 is 0 Å². The van der Waals surface area contributed by atoms with E-state index in [1.807, 2.05) is 0 Å². The fourth-order valence-electron chi connectivity index (χ4n) is 9.96. The first kappa shape index (κ1) is 32.9. The van der Waals surface area contributed by atoms with Gasteiger partial charge in [0.05, 0.1) is 5.41 Å². The molecule has 0 radical (unpaired) electrons. The van der Waals surface area contributed by atoms with Crippen molar-refractivity contribution in [3.05, 3.63) is 197 Å². The summed E-state index contributed by atoms with van der Waals surface area (Å²) in [7, 11) is 0. The lowest BCUT2D eigenvalue weighted by Gasteiger charge is -2.30. The number of benzene rings is 7. The van der Waals surface area contributed by atoms with E-state index in [1.54, 1.807) is 0 Å². The monoisotopic (exact) mass is 719 g/mol. The van der Waals surface area contributed by atoms with E-state index < -0.39 is 5.41 Å². The Morgan fingerprint density at radius 3 is 1.20 bits per heavy atom. The zero-order valence-corrected chi connectivity index (χ0v) is 32.4.